The highest BCUT2D eigenvalue weighted by Crippen LogP contribution is 2.13. The highest BCUT2D eigenvalue weighted by molar-refractivity contribution is 5.80. The Morgan fingerprint density at radius 2 is 2.31 bits per heavy atom. The van der Waals surface area contributed by atoms with E-state index in [1.54, 1.807) is 0 Å². The van der Waals surface area contributed by atoms with Gasteiger partial charge in [-0.2, -0.15) is 5.26 Å². The minimum absolute atomic E-state index is 0.0294. The number of carbonyl (C=O) groups is 1. The Balaban J connectivity index is 2.37. The van der Waals surface area contributed by atoms with Gasteiger partial charge in [0.2, 0.25) is 0 Å². The molecule has 1 rings (SSSR count). The second-order valence-electron chi connectivity index (χ2n) is 3.47. The fourth-order valence-electron chi connectivity index (χ4n) is 1.31. The van der Waals surface area contributed by atoms with E-state index in [4.69, 9.17) is 10.00 Å². The Morgan fingerprint density at radius 3 is 3.00 bits per heavy atom. The first-order chi connectivity index (χ1) is 7.76. The summed E-state index contributed by atoms with van der Waals surface area (Å²) < 4.78 is 5.44. The van der Waals surface area contributed by atoms with Gasteiger partial charge in [0, 0.05) is 6.42 Å². The van der Waals surface area contributed by atoms with Gasteiger partial charge < -0.3 is 4.74 Å². The molecule has 1 aromatic rings. The van der Waals surface area contributed by atoms with Crippen LogP contribution in [0.3, 0.4) is 0 Å². The number of carbonyl (C=O) groups excluding carboxylic acids is 1. The highest BCUT2D eigenvalue weighted by Gasteiger charge is 2.01. The van der Waals surface area contributed by atoms with Gasteiger partial charge in [-0.05, 0) is 24.1 Å². The van der Waals surface area contributed by atoms with Crippen molar-refractivity contribution >= 4 is 5.78 Å². The number of Topliss-reactive ketones (excluding diaryl/α,β-unsaturated/α-hetero) is 1. The summed E-state index contributed by atoms with van der Waals surface area (Å²) in [5.74, 6) is 0.707. The standard InChI is InChI=1S/C13H15NO2/c1-2-11-4-3-5-13(10-11)16-9-7-12(15)6-8-14/h3-5,10H,2,6-7,9H2,1H3. The molecule has 3 heteroatoms. The third-order valence-electron chi connectivity index (χ3n) is 2.23. The fourth-order valence-corrected chi connectivity index (χ4v) is 1.31. The van der Waals surface area contributed by atoms with Gasteiger partial charge in [-0.15, -0.1) is 0 Å². The number of hydrogen-bond acceptors (Lipinski definition) is 3. The largest absolute Gasteiger partial charge is 0.493 e. The molecule has 0 aliphatic rings. The maximum atomic E-state index is 11.1. The molecular weight excluding hydrogens is 202 g/mol. The van der Waals surface area contributed by atoms with Crippen molar-refractivity contribution in [3.63, 3.8) is 0 Å². The maximum Gasteiger partial charge on any atom is 0.150 e. The number of aryl methyl sites for hydroxylation is 1. The summed E-state index contributed by atoms with van der Waals surface area (Å²) in [5, 5.41) is 8.31. The first-order valence-corrected chi connectivity index (χ1v) is 5.36. The van der Waals surface area contributed by atoms with Gasteiger partial charge in [0.1, 0.15) is 11.5 Å². The van der Waals surface area contributed by atoms with Gasteiger partial charge >= 0.3 is 0 Å². The molecule has 0 spiro atoms. The molecule has 0 aliphatic carbocycles. The molecule has 0 fully saturated rings. The van der Waals surface area contributed by atoms with Gasteiger partial charge in [0.25, 0.3) is 0 Å². The number of ketones is 1. The molecule has 84 valence electrons. The lowest BCUT2D eigenvalue weighted by Gasteiger charge is -2.06. The number of hydrogen-bond donors (Lipinski definition) is 0. The number of nitrogens with zero attached hydrogens (tertiary/aromatic N) is 1. The van der Waals surface area contributed by atoms with Crippen LogP contribution in [0.4, 0.5) is 0 Å². The second-order valence-corrected chi connectivity index (χ2v) is 3.47. The van der Waals surface area contributed by atoms with Crippen molar-refractivity contribution in [3.8, 4) is 11.8 Å². The number of ether oxygens (including phenoxy) is 1. The molecule has 0 radical (unpaired) electrons. The zero-order valence-electron chi connectivity index (χ0n) is 9.40. The topological polar surface area (TPSA) is 50.1 Å². The maximum absolute atomic E-state index is 11.1. The van der Waals surface area contributed by atoms with Crippen molar-refractivity contribution in [2.24, 2.45) is 0 Å². The van der Waals surface area contributed by atoms with E-state index in [-0.39, 0.29) is 12.2 Å². The Hall–Kier alpha value is -1.82. The Bertz CT molecular complexity index is 393. The molecule has 0 heterocycles. The van der Waals surface area contributed by atoms with Gasteiger partial charge in [-0.1, -0.05) is 19.1 Å². The van der Waals surface area contributed by atoms with Gasteiger partial charge in [0.15, 0.2) is 0 Å². The smallest absolute Gasteiger partial charge is 0.150 e. The third-order valence-corrected chi connectivity index (χ3v) is 2.23. The molecule has 1 aromatic carbocycles. The van der Waals surface area contributed by atoms with Crippen LogP contribution in [0.2, 0.25) is 0 Å². The average Bonchev–Trinajstić information content (AvgIpc) is 2.30. The van der Waals surface area contributed by atoms with Crippen molar-refractivity contribution < 1.29 is 9.53 Å². The van der Waals surface area contributed by atoms with Gasteiger partial charge in [-0.3, -0.25) is 4.79 Å². The molecule has 0 saturated carbocycles. The molecule has 0 N–H and O–H groups in total. The molecule has 0 saturated heterocycles. The minimum atomic E-state index is -0.0749. The van der Waals surface area contributed by atoms with Crippen molar-refractivity contribution in [2.45, 2.75) is 26.2 Å². The first kappa shape index (κ1) is 12.3. The SMILES string of the molecule is CCc1cccc(OCCC(=O)CC#N)c1. The van der Waals surface area contributed by atoms with Gasteiger partial charge in [0.05, 0.1) is 19.1 Å². The summed E-state index contributed by atoms with van der Waals surface area (Å²) in [5.41, 5.74) is 1.21. The Labute approximate surface area is 95.7 Å². The van der Waals surface area contributed by atoms with Gasteiger partial charge in [-0.25, -0.2) is 0 Å². The van der Waals surface area contributed by atoms with Crippen molar-refractivity contribution in [1.82, 2.24) is 0 Å². The average molecular weight is 217 g/mol. The predicted octanol–water partition coefficient (Wildman–Crippen LogP) is 2.50. The number of nitriles is 1. The lowest BCUT2D eigenvalue weighted by atomic mass is 10.2. The highest BCUT2D eigenvalue weighted by atomic mass is 16.5. The zero-order chi connectivity index (χ0) is 11.8. The van der Waals surface area contributed by atoms with Crippen LogP contribution in [0.5, 0.6) is 5.75 Å². The Kier molecular flexibility index (Phi) is 5.07. The molecule has 0 amide bonds. The minimum Gasteiger partial charge on any atom is -0.493 e. The van der Waals surface area contributed by atoms with Crippen LogP contribution < -0.4 is 4.74 Å². The normalized spacial score (nSPS) is 9.50. The van der Waals surface area contributed by atoms with Crippen LogP contribution in [0.15, 0.2) is 24.3 Å². The van der Waals surface area contributed by atoms with E-state index >= 15 is 0 Å². The van der Waals surface area contributed by atoms with Crippen LogP contribution in [0, 0.1) is 11.3 Å². The van der Waals surface area contributed by atoms with Crippen molar-refractivity contribution in [2.75, 3.05) is 6.61 Å². The summed E-state index contributed by atoms with van der Waals surface area (Å²) in [6.45, 7) is 2.42. The molecular formula is C13H15NO2. The quantitative estimate of drug-likeness (QED) is 0.735. The monoisotopic (exact) mass is 217 g/mol. The van der Waals surface area contributed by atoms with E-state index in [0.29, 0.717) is 13.0 Å². The number of benzene rings is 1. The molecule has 0 bridgehead atoms. The number of rotatable bonds is 6. The fraction of sp³-hybridized carbons (Fsp3) is 0.385. The molecule has 0 atom stereocenters. The predicted molar refractivity (Wildman–Crippen MR) is 61.2 cm³/mol. The van der Waals surface area contributed by atoms with E-state index in [1.165, 1.54) is 5.56 Å². The van der Waals surface area contributed by atoms with Crippen LogP contribution >= 0.6 is 0 Å². The summed E-state index contributed by atoms with van der Waals surface area (Å²) in [7, 11) is 0. The van der Waals surface area contributed by atoms with E-state index in [9.17, 15) is 4.79 Å². The molecule has 0 unspecified atom stereocenters. The molecule has 0 aliphatic heterocycles. The van der Waals surface area contributed by atoms with E-state index < -0.39 is 0 Å². The van der Waals surface area contributed by atoms with Crippen LogP contribution in [-0.2, 0) is 11.2 Å². The van der Waals surface area contributed by atoms with Crippen molar-refractivity contribution in [3.05, 3.63) is 29.8 Å². The summed E-state index contributed by atoms with van der Waals surface area (Å²) in [4.78, 5) is 11.1. The summed E-state index contributed by atoms with van der Waals surface area (Å²) >= 11 is 0. The Morgan fingerprint density at radius 1 is 1.50 bits per heavy atom. The first-order valence-electron chi connectivity index (χ1n) is 5.36. The molecule has 0 aromatic heterocycles. The summed E-state index contributed by atoms with van der Waals surface area (Å²) in [6, 6.07) is 9.64. The molecule has 16 heavy (non-hydrogen) atoms. The van der Waals surface area contributed by atoms with E-state index in [2.05, 4.69) is 6.92 Å². The van der Waals surface area contributed by atoms with Crippen LogP contribution in [0.25, 0.3) is 0 Å². The van der Waals surface area contributed by atoms with E-state index in [0.717, 1.165) is 12.2 Å². The molecule has 3 nitrogen and oxygen atoms in total. The second kappa shape index (κ2) is 6.62. The lowest BCUT2D eigenvalue weighted by Crippen LogP contribution is -2.05. The van der Waals surface area contributed by atoms with E-state index in [1.807, 2.05) is 30.3 Å². The van der Waals surface area contributed by atoms with Crippen LogP contribution in [0.1, 0.15) is 25.3 Å². The third kappa shape index (κ3) is 4.14. The summed E-state index contributed by atoms with van der Waals surface area (Å²) in [6.07, 6.45) is 1.23. The van der Waals surface area contributed by atoms with Crippen molar-refractivity contribution in [1.29, 1.82) is 5.26 Å². The van der Waals surface area contributed by atoms with Crippen LogP contribution in [-0.4, -0.2) is 12.4 Å². The zero-order valence-corrected chi connectivity index (χ0v) is 9.40. The lowest BCUT2D eigenvalue weighted by molar-refractivity contribution is -0.118.